The summed E-state index contributed by atoms with van der Waals surface area (Å²) in [6, 6.07) is -2.17. The minimum Gasteiger partial charge on any atom is -0.245 e. The first-order valence-electron chi connectivity index (χ1n) is 9.90. The Morgan fingerprint density at radius 3 is 1.42 bits per heavy atom. The minimum atomic E-state index is -5.90. The highest BCUT2D eigenvalue weighted by atomic mass is 35.8. The summed E-state index contributed by atoms with van der Waals surface area (Å²) in [5.74, 6) is -14.9. The van der Waals surface area contributed by atoms with Gasteiger partial charge >= 0.3 is 17.8 Å². The zero-order valence-corrected chi connectivity index (χ0v) is 21.5. The molecule has 0 aromatic carbocycles. The Morgan fingerprint density at radius 1 is 0.645 bits per heavy atom. The minimum absolute atomic E-state index is 0.0937. The lowest BCUT2D eigenvalue weighted by Gasteiger charge is -2.38. The van der Waals surface area contributed by atoms with Crippen molar-refractivity contribution in [1.82, 2.24) is 0 Å². The van der Waals surface area contributed by atoms with E-state index in [-0.39, 0.29) is 6.04 Å². The quantitative estimate of drug-likeness (QED) is 0.0757. The van der Waals surface area contributed by atoms with Gasteiger partial charge in [0, 0.05) is 0 Å². The summed E-state index contributed by atoms with van der Waals surface area (Å²) < 4.78 is 120. The third kappa shape index (κ3) is 10.2. The maximum absolute atomic E-state index is 14.4. The van der Waals surface area contributed by atoms with Crippen LogP contribution in [-0.2, 0) is 0 Å². The molecule has 0 aliphatic heterocycles. The van der Waals surface area contributed by atoms with Crippen LogP contribution in [0.5, 0.6) is 0 Å². The SMILES string of the molecule is C[Si](C)(CCCCCCCCC[Si](Cl)(Cl)Cl)C(F)C(F)(F)C(F)(F)C(F)C(F)C(F)F. The van der Waals surface area contributed by atoms with Crippen molar-refractivity contribution >= 4 is 47.3 Å². The van der Waals surface area contributed by atoms with Crippen LogP contribution in [0.3, 0.4) is 0 Å². The van der Waals surface area contributed by atoms with Gasteiger partial charge in [0.25, 0.3) is 6.43 Å². The first-order valence-corrected chi connectivity index (χ1v) is 18.4. The second kappa shape index (κ2) is 12.9. The Hall–Kier alpha value is 0.674. The lowest BCUT2D eigenvalue weighted by molar-refractivity contribution is -0.267. The second-order valence-electron chi connectivity index (χ2n) is 8.37. The third-order valence-corrected chi connectivity index (χ3v) is 11.1. The molecule has 14 heteroatoms. The van der Waals surface area contributed by atoms with Gasteiger partial charge in [0.05, 0.1) is 8.07 Å². The summed E-state index contributed by atoms with van der Waals surface area (Å²) >= 11 is 17.3. The maximum atomic E-state index is 14.4. The number of unbranched alkanes of at least 4 members (excludes halogenated alkanes) is 6. The summed E-state index contributed by atoms with van der Waals surface area (Å²) in [4.78, 5) is 0. The van der Waals surface area contributed by atoms with E-state index in [9.17, 15) is 39.5 Å². The van der Waals surface area contributed by atoms with Crippen molar-refractivity contribution in [3.05, 3.63) is 0 Å². The molecule has 31 heavy (non-hydrogen) atoms. The van der Waals surface area contributed by atoms with Gasteiger partial charge in [-0.1, -0.05) is 64.1 Å². The van der Waals surface area contributed by atoms with Gasteiger partial charge in [-0.05, 0) is 6.04 Å². The van der Waals surface area contributed by atoms with Crippen molar-refractivity contribution in [2.45, 2.75) is 107 Å². The Labute approximate surface area is 193 Å². The highest BCUT2D eigenvalue weighted by molar-refractivity contribution is 7.64. The van der Waals surface area contributed by atoms with Gasteiger partial charge in [0.15, 0.2) is 12.0 Å². The third-order valence-electron chi connectivity index (χ3n) is 5.10. The van der Waals surface area contributed by atoms with E-state index < -0.39 is 50.5 Å². The molecule has 0 saturated carbocycles. The fourth-order valence-corrected chi connectivity index (χ4v) is 7.53. The van der Waals surface area contributed by atoms with E-state index in [1.807, 2.05) is 0 Å². The van der Waals surface area contributed by atoms with Crippen molar-refractivity contribution in [3.63, 3.8) is 0 Å². The number of halogens is 12. The average Bonchev–Trinajstić information content (AvgIpc) is 2.63. The van der Waals surface area contributed by atoms with E-state index in [0.29, 0.717) is 25.3 Å². The van der Waals surface area contributed by atoms with Crippen molar-refractivity contribution in [2.75, 3.05) is 0 Å². The highest BCUT2D eigenvalue weighted by Crippen LogP contribution is 2.47. The van der Waals surface area contributed by atoms with Crippen molar-refractivity contribution in [3.8, 4) is 0 Å². The van der Waals surface area contributed by atoms with Gasteiger partial charge in [-0.2, -0.15) is 17.6 Å². The fraction of sp³-hybridized carbons (Fsp3) is 1.00. The van der Waals surface area contributed by atoms with E-state index in [2.05, 4.69) is 0 Å². The Morgan fingerprint density at radius 2 is 1.03 bits per heavy atom. The summed E-state index contributed by atoms with van der Waals surface area (Å²) in [5.41, 5.74) is 0. The molecule has 0 N–H and O–H groups in total. The van der Waals surface area contributed by atoms with Gasteiger partial charge in [-0.3, -0.25) is 0 Å². The predicted molar refractivity (Wildman–Crippen MR) is 113 cm³/mol. The van der Waals surface area contributed by atoms with Crippen LogP contribution in [0.1, 0.15) is 44.9 Å². The Kier molecular flexibility index (Phi) is 13.2. The molecule has 0 amide bonds. The maximum Gasteiger partial charge on any atom is 0.346 e. The molecule has 0 heterocycles. The summed E-state index contributed by atoms with van der Waals surface area (Å²) in [7, 11) is -3.67. The lowest BCUT2D eigenvalue weighted by atomic mass is 10.0. The molecule has 0 radical (unpaired) electrons. The topological polar surface area (TPSA) is 0 Å². The largest absolute Gasteiger partial charge is 0.346 e. The van der Waals surface area contributed by atoms with Crippen LogP contribution in [0, 0.1) is 0 Å². The van der Waals surface area contributed by atoms with Gasteiger partial charge in [0.2, 0.25) is 6.17 Å². The first-order chi connectivity index (χ1) is 13.9. The molecule has 0 rings (SSSR count). The first kappa shape index (κ1) is 31.7. The van der Waals surface area contributed by atoms with Crippen LogP contribution in [0.15, 0.2) is 0 Å². The van der Waals surface area contributed by atoms with E-state index >= 15 is 0 Å². The molecule has 0 aromatic heterocycles. The van der Waals surface area contributed by atoms with Crippen molar-refractivity contribution < 1.29 is 39.5 Å². The monoisotopic (exact) mass is 564 g/mol. The molecular weight excluding hydrogens is 538 g/mol. The zero-order chi connectivity index (χ0) is 24.7. The van der Waals surface area contributed by atoms with Crippen LogP contribution in [-0.4, -0.2) is 50.5 Å². The van der Waals surface area contributed by atoms with E-state index in [1.165, 1.54) is 0 Å². The van der Waals surface area contributed by atoms with Gasteiger partial charge < -0.3 is 0 Å². The molecule has 188 valence electrons. The molecule has 3 atom stereocenters. The highest BCUT2D eigenvalue weighted by Gasteiger charge is 2.71. The molecule has 3 unspecified atom stereocenters. The van der Waals surface area contributed by atoms with Gasteiger partial charge in [-0.15, -0.1) is 33.2 Å². The molecule has 0 nitrogen and oxygen atoms in total. The van der Waals surface area contributed by atoms with Gasteiger partial charge in [-0.25, -0.2) is 22.0 Å². The zero-order valence-electron chi connectivity index (χ0n) is 17.2. The van der Waals surface area contributed by atoms with Crippen molar-refractivity contribution in [2.24, 2.45) is 0 Å². The molecule has 0 fully saturated rings. The molecule has 0 spiro atoms. The van der Waals surface area contributed by atoms with Crippen LogP contribution < -0.4 is 0 Å². The predicted octanol–water partition coefficient (Wildman–Crippen LogP) is 9.17. The van der Waals surface area contributed by atoms with Gasteiger partial charge in [0.1, 0.15) is 0 Å². The Bertz CT molecular complexity index is 520. The average molecular weight is 566 g/mol. The van der Waals surface area contributed by atoms with E-state index in [0.717, 1.165) is 38.8 Å². The molecule has 0 aromatic rings. The molecule has 0 saturated heterocycles. The van der Waals surface area contributed by atoms with Crippen LogP contribution in [0.4, 0.5) is 39.5 Å². The normalized spacial score (nSPS) is 17.1. The summed E-state index contributed by atoms with van der Waals surface area (Å²) in [6.07, 6.45) is -8.04. The molecule has 0 bridgehead atoms. The van der Waals surface area contributed by atoms with Crippen LogP contribution in [0.25, 0.3) is 0 Å². The summed E-state index contributed by atoms with van der Waals surface area (Å²) in [6.45, 7) is 2.19. The number of hydrogen-bond donors (Lipinski definition) is 0. The number of rotatable bonds is 16. The molecule has 0 aliphatic carbocycles. The van der Waals surface area contributed by atoms with E-state index in [1.54, 1.807) is 0 Å². The van der Waals surface area contributed by atoms with Crippen LogP contribution in [0.2, 0.25) is 25.2 Å². The molecular formula is C17H28Cl3F9Si2. The van der Waals surface area contributed by atoms with Crippen LogP contribution >= 0.6 is 33.2 Å². The second-order valence-corrected chi connectivity index (χ2v) is 22.6. The fourth-order valence-electron chi connectivity index (χ4n) is 3.09. The lowest BCUT2D eigenvalue weighted by Crippen LogP contribution is -2.62. The number of hydrogen-bond acceptors (Lipinski definition) is 0. The summed E-state index contributed by atoms with van der Waals surface area (Å²) in [5, 5.41) is 0. The Balaban J connectivity index is 4.59. The standard InChI is InChI=1S/C17H28Cl3F9Si2/c1-30(2,10-8-6-4-3-5-7-9-11-31(18,19)20)15(25)17(28,29)16(26,27)13(22)12(21)14(23)24/h12-15H,3-11H2,1-2H3. The van der Waals surface area contributed by atoms with E-state index in [4.69, 9.17) is 33.2 Å². The van der Waals surface area contributed by atoms with Crippen molar-refractivity contribution in [1.29, 1.82) is 0 Å². The molecule has 0 aliphatic rings. The number of alkyl halides is 9. The smallest absolute Gasteiger partial charge is 0.245 e.